The molecule has 0 bridgehead atoms. The predicted octanol–water partition coefficient (Wildman–Crippen LogP) is -1.12. The van der Waals surface area contributed by atoms with Crippen LogP contribution in [0.1, 0.15) is 13.8 Å². The van der Waals surface area contributed by atoms with Gasteiger partial charge in [0.2, 0.25) is 0 Å². The van der Waals surface area contributed by atoms with Gasteiger partial charge in [-0.25, -0.2) is 0 Å². The second kappa shape index (κ2) is 5.90. The molecule has 0 aliphatic heterocycles. The molecule has 0 fully saturated rings. The number of aliphatic hydroxyl groups excluding tert-OH is 1. The Labute approximate surface area is 77.7 Å². The molecule has 5 heteroatoms. The molecule has 0 aliphatic rings. The molecule has 0 spiro atoms. The van der Waals surface area contributed by atoms with Gasteiger partial charge >= 0.3 is 5.97 Å². The minimum atomic E-state index is -1.19. The Kier molecular flexibility index (Phi) is 5.61. The summed E-state index contributed by atoms with van der Waals surface area (Å²) in [5.74, 6) is -0.365. The van der Waals surface area contributed by atoms with Crippen molar-refractivity contribution in [2.45, 2.75) is 19.4 Å². The van der Waals surface area contributed by atoms with Gasteiger partial charge in [0.25, 0.3) is 0 Å². The molecule has 0 amide bonds. The summed E-state index contributed by atoms with van der Waals surface area (Å²) in [5.41, 5.74) is -1.19. The minimum absolute atomic E-state index is 0.0456. The number of nitrogens with one attached hydrogen (secondary N) is 1. The lowest BCUT2D eigenvalue weighted by atomic mass is 10.1. The van der Waals surface area contributed by atoms with Crippen molar-refractivity contribution in [1.82, 2.24) is 5.32 Å². The van der Waals surface area contributed by atoms with Gasteiger partial charge in [-0.05, 0) is 13.8 Å². The van der Waals surface area contributed by atoms with E-state index in [2.05, 4.69) is 10.1 Å². The van der Waals surface area contributed by atoms with Crippen LogP contribution in [0.5, 0.6) is 0 Å². The Hall–Kier alpha value is -0.650. The van der Waals surface area contributed by atoms with Crippen molar-refractivity contribution >= 4 is 5.97 Å². The highest BCUT2D eigenvalue weighted by Gasteiger charge is 2.18. The normalized spacial score (nSPS) is 15.1. The Balaban J connectivity index is 3.50. The molecule has 0 heterocycles. The number of rotatable bonds is 6. The summed E-state index contributed by atoms with van der Waals surface area (Å²) < 4.78 is 4.64. The Bertz CT molecular complexity index is 158. The number of aliphatic hydroxyl groups is 2. The lowest BCUT2D eigenvalue weighted by molar-refractivity contribution is -0.142. The van der Waals surface area contributed by atoms with Crippen LogP contribution in [0.3, 0.4) is 0 Å². The average molecular weight is 191 g/mol. The summed E-state index contributed by atoms with van der Waals surface area (Å²) in [5, 5.41) is 20.6. The fourth-order valence-corrected chi connectivity index (χ4v) is 0.702. The standard InChI is InChI=1S/C8H17NO4/c1-3-13-7(11)4-9-5-8(2,12)6-10/h9-10,12H,3-6H2,1-2H3. The lowest BCUT2D eigenvalue weighted by Crippen LogP contribution is -2.42. The maximum atomic E-state index is 10.8. The van der Waals surface area contributed by atoms with Crippen LogP contribution in [0.15, 0.2) is 0 Å². The third-order valence-corrected chi connectivity index (χ3v) is 1.42. The molecule has 13 heavy (non-hydrogen) atoms. The Morgan fingerprint density at radius 3 is 2.69 bits per heavy atom. The summed E-state index contributed by atoms with van der Waals surface area (Å²) in [6.07, 6.45) is 0. The van der Waals surface area contributed by atoms with E-state index in [-0.39, 0.29) is 25.7 Å². The van der Waals surface area contributed by atoms with E-state index in [9.17, 15) is 9.90 Å². The second-order valence-corrected chi connectivity index (χ2v) is 3.06. The zero-order valence-electron chi connectivity index (χ0n) is 8.04. The van der Waals surface area contributed by atoms with Crippen molar-refractivity contribution in [2.75, 3.05) is 26.3 Å². The first-order valence-electron chi connectivity index (χ1n) is 4.21. The van der Waals surface area contributed by atoms with Gasteiger partial charge in [-0.3, -0.25) is 4.79 Å². The first-order chi connectivity index (χ1) is 6.02. The van der Waals surface area contributed by atoms with E-state index in [0.29, 0.717) is 6.61 Å². The molecule has 0 aromatic heterocycles. The van der Waals surface area contributed by atoms with Crippen molar-refractivity contribution in [3.63, 3.8) is 0 Å². The van der Waals surface area contributed by atoms with Gasteiger partial charge in [0, 0.05) is 6.54 Å². The molecule has 0 aromatic rings. The van der Waals surface area contributed by atoms with Crippen molar-refractivity contribution in [2.24, 2.45) is 0 Å². The molecule has 1 unspecified atom stereocenters. The van der Waals surface area contributed by atoms with E-state index >= 15 is 0 Å². The van der Waals surface area contributed by atoms with Gasteiger partial charge in [-0.15, -0.1) is 0 Å². The highest BCUT2D eigenvalue weighted by molar-refractivity contribution is 5.71. The molecular weight excluding hydrogens is 174 g/mol. The topological polar surface area (TPSA) is 78.8 Å². The summed E-state index contributed by atoms with van der Waals surface area (Å²) >= 11 is 0. The number of carbonyl (C=O) groups is 1. The number of ether oxygens (including phenoxy) is 1. The van der Waals surface area contributed by atoms with E-state index < -0.39 is 5.60 Å². The van der Waals surface area contributed by atoms with Crippen LogP contribution in [-0.2, 0) is 9.53 Å². The van der Waals surface area contributed by atoms with Crippen LogP contribution in [-0.4, -0.2) is 48.1 Å². The predicted molar refractivity (Wildman–Crippen MR) is 47.2 cm³/mol. The van der Waals surface area contributed by atoms with Gasteiger partial charge in [0.15, 0.2) is 0 Å². The van der Waals surface area contributed by atoms with Crippen LogP contribution >= 0.6 is 0 Å². The van der Waals surface area contributed by atoms with E-state index in [4.69, 9.17) is 5.11 Å². The smallest absolute Gasteiger partial charge is 0.319 e. The van der Waals surface area contributed by atoms with Crippen LogP contribution in [0.2, 0.25) is 0 Å². The van der Waals surface area contributed by atoms with E-state index in [0.717, 1.165) is 0 Å². The molecule has 0 saturated carbocycles. The third-order valence-electron chi connectivity index (χ3n) is 1.42. The zero-order valence-corrected chi connectivity index (χ0v) is 8.04. The molecule has 0 aliphatic carbocycles. The first kappa shape index (κ1) is 12.3. The van der Waals surface area contributed by atoms with Crippen LogP contribution in [0.25, 0.3) is 0 Å². The number of hydrogen-bond donors (Lipinski definition) is 3. The summed E-state index contributed by atoms with van der Waals surface area (Å²) in [6, 6.07) is 0. The highest BCUT2D eigenvalue weighted by atomic mass is 16.5. The van der Waals surface area contributed by atoms with E-state index in [1.54, 1.807) is 6.92 Å². The fraction of sp³-hybridized carbons (Fsp3) is 0.875. The molecule has 0 radical (unpaired) electrons. The molecule has 78 valence electrons. The highest BCUT2D eigenvalue weighted by Crippen LogP contribution is 1.97. The number of hydrogen-bond acceptors (Lipinski definition) is 5. The van der Waals surface area contributed by atoms with Gasteiger partial charge < -0.3 is 20.3 Å². The van der Waals surface area contributed by atoms with Gasteiger partial charge in [0.1, 0.15) is 0 Å². The lowest BCUT2D eigenvalue weighted by Gasteiger charge is -2.20. The molecule has 3 N–H and O–H groups in total. The van der Waals surface area contributed by atoms with Crippen LogP contribution in [0.4, 0.5) is 0 Å². The fourth-order valence-electron chi connectivity index (χ4n) is 0.702. The van der Waals surface area contributed by atoms with Crippen molar-refractivity contribution in [1.29, 1.82) is 0 Å². The quantitative estimate of drug-likeness (QED) is 0.464. The number of esters is 1. The number of carbonyl (C=O) groups excluding carboxylic acids is 1. The Morgan fingerprint density at radius 1 is 1.62 bits per heavy atom. The maximum absolute atomic E-state index is 10.8. The first-order valence-corrected chi connectivity index (χ1v) is 4.21. The average Bonchev–Trinajstić information content (AvgIpc) is 2.05. The molecule has 5 nitrogen and oxygen atoms in total. The molecule has 0 aromatic carbocycles. The van der Waals surface area contributed by atoms with Crippen LogP contribution in [0, 0.1) is 0 Å². The second-order valence-electron chi connectivity index (χ2n) is 3.06. The molecule has 0 rings (SSSR count). The molecule has 0 saturated heterocycles. The van der Waals surface area contributed by atoms with Gasteiger partial charge in [-0.1, -0.05) is 0 Å². The maximum Gasteiger partial charge on any atom is 0.319 e. The van der Waals surface area contributed by atoms with Crippen molar-refractivity contribution in [3.8, 4) is 0 Å². The summed E-state index contributed by atoms with van der Waals surface area (Å²) in [7, 11) is 0. The SMILES string of the molecule is CCOC(=O)CNCC(C)(O)CO. The van der Waals surface area contributed by atoms with Gasteiger partial charge in [0.05, 0.1) is 25.4 Å². The zero-order chi connectivity index (χ0) is 10.3. The van der Waals surface area contributed by atoms with Gasteiger partial charge in [-0.2, -0.15) is 0 Å². The van der Waals surface area contributed by atoms with E-state index in [1.807, 2.05) is 0 Å². The van der Waals surface area contributed by atoms with Crippen molar-refractivity contribution in [3.05, 3.63) is 0 Å². The van der Waals surface area contributed by atoms with E-state index in [1.165, 1.54) is 6.92 Å². The summed E-state index contributed by atoms with van der Waals surface area (Å²) in [4.78, 5) is 10.8. The molecular formula is C8H17NO4. The third kappa shape index (κ3) is 6.51. The molecule has 1 atom stereocenters. The Morgan fingerprint density at radius 2 is 2.23 bits per heavy atom. The largest absolute Gasteiger partial charge is 0.465 e. The minimum Gasteiger partial charge on any atom is -0.465 e. The monoisotopic (exact) mass is 191 g/mol. The van der Waals surface area contributed by atoms with Crippen molar-refractivity contribution < 1.29 is 19.7 Å². The van der Waals surface area contributed by atoms with Crippen LogP contribution < -0.4 is 5.32 Å². The summed E-state index contributed by atoms with van der Waals surface area (Å²) in [6.45, 7) is 3.40.